The fourth-order valence-electron chi connectivity index (χ4n) is 2.53. The molecule has 1 aliphatic rings. The number of hydrogen-bond acceptors (Lipinski definition) is 4. The second kappa shape index (κ2) is 5.09. The number of carbonyl (C=O) groups excluding carboxylic acids is 1. The van der Waals surface area contributed by atoms with Crippen LogP contribution >= 0.6 is 0 Å². The van der Waals surface area contributed by atoms with E-state index in [-0.39, 0.29) is 18.1 Å². The van der Waals surface area contributed by atoms with Gasteiger partial charge in [0.05, 0.1) is 24.9 Å². The highest BCUT2D eigenvalue weighted by Gasteiger charge is 2.41. The summed E-state index contributed by atoms with van der Waals surface area (Å²) in [6, 6.07) is 6.94. The Bertz CT molecular complexity index is 474. The number of nitrogens with one attached hydrogen (secondary N) is 1. The summed E-state index contributed by atoms with van der Waals surface area (Å²) in [7, 11) is 1.60. The largest absolute Gasteiger partial charge is 0.495 e. The number of aliphatic hydroxyl groups is 1. The first-order chi connectivity index (χ1) is 9.01. The molecule has 1 unspecified atom stereocenters. The standard InChI is InChI=1S/C14H20N2O3/c1-14(2)9-15-13(18)11(8-17)16(14)10-6-4-5-7-12(10)19-3/h4-7,11,17H,8-9H2,1-3H3,(H,15,18). The molecule has 1 aliphatic heterocycles. The summed E-state index contributed by atoms with van der Waals surface area (Å²) < 4.78 is 5.36. The number of rotatable bonds is 3. The fourth-order valence-corrected chi connectivity index (χ4v) is 2.53. The van der Waals surface area contributed by atoms with Gasteiger partial charge in [-0.2, -0.15) is 0 Å². The zero-order valence-electron chi connectivity index (χ0n) is 11.5. The molecule has 1 atom stereocenters. The Balaban J connectivity index is 2.50. The summed E-state index contributed by atoms with van der Waals surface area (Å²) in [5, 5.41) is 12.4. The molecule has 0 aliphatic carbocycles. The van der Waals surface area contributed by atoms with Gasteiger partial charge in [0.15, 0.2) is 0 Å². The van der Waals surface area contributed by atoms with Crippen LogP contribution < -0.4 is 15.0 Å². The molecular formula is C14H20N2O3. The van der Waals surface area contributed by atoms with Gasteiger partial charge >= 0.3 is 0 Å². The summed E-state index contributed by atoms with van der Waals surface area (Å²) in [6.07, 6.45) is 0. The predicted octanol–water partition coefficient (Wildman–Crippen LogP) is 0.771. The maximum absolute atomic E-state index is 11.9. The zero-order chi connectivity index (χ0) is 14.0. The van der Waals surface area contributed by atoms with Crippen LogP contribution in [0.5, 0.6) is 5.75 Å². The minimum absolute atomic E-state index is 0.160. The van der Waals surface area contributed by atoms with E-state index in [1.807, 2.05) is 43.0 Å². The molecular weight excluding hydrogens is 244 g/mol. The van der Waals surface area contributed by atoms with Crippen LogP contribution in [0.1, 0.15) is 13.8 Å². The van der Waals surface area contributed by atoms with Crippen molar-refractivity contribution >= 4 is 11.6 Å². The number of benzene rings is 1. The van der Waals surface area contributed by atoms with Crippen LogP contribution in [0.25, 0.3) is 0 Å². The molecule has 5 heteroatoms. The van der Waals surface area contributed by atoms with Crippen molar-refractivity contribution < 1.29 is 14.6 Å². The normalized spacial score (nSPS) is 22.0. The summed E-state index contributed by atoms with van der Waals surface area (Å²) in [5.74, 6) is 0.538. The third-order valence-electron chi connectivity index (χ3n) is 3.48. The van der Waals surface area contributed by atoms with Gasteiger partial charge in [-0.05, 0) is 26.0 Å². The Morgan fingerprint density at radius 2 is 2.16 bits per heavy atom. The van der Waals surface area contributed by atoms with Crippen molar-refractivity contribution in [2.75, 3.05) is 25.2 Å². The van der Waals surface area contributed by atoms with Gasteiger partial charge in [0.1, 0.15) is 11.8 Å². The van der Waals surface area contributed by atoms with Gasteiger partial charge in [-0.15, -0.1) is 0 Å². The minimum atomic E-state index is -0.597. The molecule has 19 heavy (non-hydrogen) atoms. The zero-order valence-corrected chi connectivity index (χ0v) is 11.5. The lowest BCUT2D eigenvalue weighted by Gasteiger charge is -2.48. The number of nitrogens with zero attached hydrogens (tertiary/aromatic N) is 1. The van der Waals surface area contributed by atoms with Crippen LogP contribution in [0.15, 0.2) is 24.3 Å². The number of ether oxygens (including phenoxy) is 1. The van der Waals surface area contributed by atoms with Crippen molar-refractivity contribution in [2.45, 2.75) is 25.4 Å². The molecule has 104 valence electrons. The van der Waals surface area contributed by atoms with E-state index in [1.54, 1.807) is 7.11 Å². The van der Waals surface area contributed by atoms with E-state index >= 15 is 0 Å². The summed E-state index contributed by atoms with van der Waals surface area (Å²) in [5.41, 5.74) is 0.527. The van der Waals surface area contributed by atoms with Crippen molar-refractivity contribution in [1.29, 1.82) is 0 Å². The number of carbonyl (C=O) groups is 1. The van der Waals surface area contributed by atoms with Crippen LogP contribution in [-0.4, -0.2) is 42.9 Å². The van der Waals surface area contributed by atoms with E-state index in [1.165, 1.54) is 0 Å². The van der Waals surface area contributed by atoms with Gasteiger partial charge in [-0.25, -0.2) is 0 Å². The van der Waals surface area contributed by atoms with Gasteiger partial charge in [-0.1, -0.05) is 12.1 Å². The van der Waals surface area contributed by atoms with E-state index < -0.39 is 6.04 Å². The smallest absolute Gasteiger partial charge is 0.245 e. The average Bonchev–Trinajstić information content (AvgIpc) is 2.41. The molecule has 0 saturated carbocycles. The van der Waals surface area contributed by atoms with Gasteiger partial charge in [0, 0.05) is 6.54 Å². The SMILES string of the molecule is COc1ccccc1N1C(CO)C(=O)NCC1(C)C. The highest BCUT2D eigenvalue weighted by molar-refractivity contribution is 5.88. The lowest BCUT2D eigenvalue weighted by atomic mass is 9.94. The molecule has 2 rings (SSSR count). The van der Waals surface area contributed by atoms with Crippen LogP contribution in [0, 0.1) is 0 Å². The number of aliphatic hydroxyl groups excluding tert-OH is 1. The van der Waals surface area contributed by atoms with Crippen LogP contribution in [0.3, 0.4) is 0 Å². The lowest BCUT2D eigenvalue weighted by molar-refractivity contribution is -0.125. The van der Waals surface area contributed by atoms with E-state index in [9.17, 15) is 9.90 Å². The van der Waals surface area contributed by atoms with Crippen LogP contribution in [0.2, 0.25) is 0 Å². The second-order valence-corrected chi connectivity index (χ2v) is 5.27. The molecule has 0 bridgehead atoms. The van der Waals surface area contributed by atoms with Crippen LogP contribution in [-0.2, 0) is 4.79 Å². The number of anilines is 1. The molecule has 1 aromatic rings. The van der Waals surface area contributed by atoms with Gasteiger partial charge in [-0.3, -0.25) is 4.79 Å². The van der Waals surface area contributed by atoms with Crippen molar-refractivity contribution in [3.63, 3.8) is 0 Å². The molecule has 5 nitrogen and oxygen atoms in total. The monoisotopic (exact) mass is 264 g/mol. The van der Waals surface area contributed by atoms with Crippen molar-refractivity contribution in [2.24, 2.45) is 0 Å². The second-order valence-electron chi connectivity index (χ2n) is 5.27. The molecule has 1 saturated heterocycles. The molecule has 2 N–H and O–H groups in total. The molecule has 1 amide bonds. The van der Waals surface area contributed by atoms with E-state index in [4.69, 9.17) is 4.74 Å². The summed E-state index contributed by atoms with van der Waals surface area (Å²) in [4.78, 5) is 13.9. The number of amides is 1. The molecule has 1 heterocycles. The summed E-state index contributed by atoms with van der Waals surface area (Å²) in [6.45, 7) is 4.36. The highest BCUT2D eigenvalue weighted by atomic mass is 16.5. The number of hydrogen-bond donors (Lipinski definition) is 2. The Labute approximate surface area is 113 Å². The third kappa shape index (κ3) is 2.38. The first-order valence-corrected chi connectivity index (χ1v) is 6.32. The fraction of sp³-hybridized carbons (Fsp3) is 0.500. The number of piperazine rings is 1. The highest BCUT2D eigenvalue weighted by Crippen LogP contribution is 2.35. The van der Waals surface area contributed by atoms with Crippen LogP contribution in [0.4, 0.5) is 5.69 Å². The molecule has 0 spiro atoms. The molecule has 1 fully saturated rings. The van der Waals surface area contributed by atoms with Gasteiger partial charge in [0.25, 0.3) is 0 Å². The predicted molar refractivity (Wildman–Crippen MR) is 73.4 cm³/mol. The molecule has 0 radical (unpaired) electrons. The Morgan fingerprint density at radius 3 is 2.79 bits per heavy atom. The number of methoxy groups -OCH3 is 1. The van der Waals surface area contributed by atoms with Crippen molar-refractivity contribution in [3.8, 4) is 5.75 Å². The van der Waals surface area contributed by atoms with E-state index in [2.05, 4.69) is 5.32 Å². The first kappa shape index (κ1) is 13.7. The van der Waals surface area contributed by atoms with E-state index in [0.717, 1.165) is 5.69 Å². The number of para-hydroxylation sites is 2. The molecule has 1 aromatic carbocycles. The maximum Gasteiger partial charge on any atom is 0.245 e. The quantitative estimate of drug-likeness (QED) is 0.846. The van der Waals surface area contributed by atoms with Crippen molar-refractivity contribution in [3.05, 3.63) is 24.3 Å². The van der Waals surface area contributed by atoms with Crippen molar-refractivity contribution in [1.82, 2.24) is 5.32 Å². The third-order valence-corrected chi connectivity index (χ3v) is 3.48. The van der Waals surface area contributed by atoms with Gasteiger partial charge in [0.2, 0.25) is 5.91 Å². The Hall–Kier alpha value is -1.75. The first-order valence-electron chi connectivity index (χ1n) is 6.32. The average molecular weight is 264 g/mol. The summed E-state index contributed by atoms with van der Waals surface area (Å²) >= 11 is 0. The Kier molecular flexibility index (Phi) is 3.66. The van der Waals surface area contributed by atoms with Gasteiger partial charge < -0.3 is 20.1 Å². The van der Waals surface area contributed by atoms with E-state index in [0.29, 0.717) is 12.3 Å². The topological polar surface area (TPSA) is 61.8 Å². The lowest BCUT2D eigenvalue weighted by Crippen LogP contribution is -2.67. The maximum atomic E-state index is 11.9. The molecule has 0 aromatic heterocycles. The Morgan fingerprint density at radius 1 is 1.47 bits per heavy atom. The minimum Gasteiger partial charge on any atom is -0.495 e.